The van der Waals surface area contributed by atoms with Crippen LogP contribution in [0.1, 0.15) is 10.4 Å². The second-order valence-electron chi connectivity index (χ2n) is 4.87. The molecule has 8 heteroatoms. The summed E-state index contributed by atoms with van der Waals surface area (Å²) >= 11 is 0. The molecule has 0 unspecified atom stereocenters. The summed E-state index contributed by atoms with van der Waals surface area (Å²) in [7, 11) is 1.54. The average molecular weight is 309 g/mol. The molecule has 1 aromatic carbocycles. The summed E-state index contributed by atoms with van der Waals surface area (Å²) in [5, 5.41) is 14.4. The van der Waals surface area contributed by atoms with Crippen molar-refractivity contribution in [1.29, 1.82) is 0 Å². The van der Waals surface area contributed by atoms with Crippen LogP contribution in [0.5, 0.6) is 5.88 Å². The average Bonchev–Trinajstić information content (AvgIpc) is 3.15. The van der Waals surface area contributed by atoms with Crippen molar-refractivity contribution < 1.29 is 14.6 Å². The zero-order valence-corrected chi connectivity index (χ0v) is 12.0. The third-order valence-electron chi connectivity index (χ3n) is 3.56. The van der Waals surface area contributed by atoms with Gasteiger partial charge in [0.05, 0.1) is 24.2 Å². The van der Waals surface area contributed by atoms with E-state index in [0.717, 1.165) is 10.9 Å². The summed E-state index contributed by atoms with van der Waals surface area (Å²) in [6.07, 6.45) is 2.90. The van der Waals surface area contributed by atoms with Gasteiger partial charge in [-0.1, -0.05) is 12.1 Å². The summed E-state index contributed by atoms with van der Waals surface area (Å²) in [6.45, 7) is 0. The van der Waals surface area contributed by atoms with E-state index in [1.54, 1.807) is 11.8 Å². The Bertz CT molecular complexity index is 1050. The topological polar surface area (TPSA) is 106 Å². The lowest BCUT2D eigenvalue weighted by Crippen LogP contribution is -2.02. The first kappa shape index (κ1) is 13.3. The fourth-order valence-corrected chi connectivity index (χ4v) is 2.51. The number of ether oxygens (including phenoxy) is 1. The number of H-pyrrole nitrogens is 1. The summed E-state index contributed by atoms with van der Waals surface area (Å²) in [6, 6.07) is 7.54. The second kappa shape index (κ2) is 4.80. The minimum absolute atomic E-state index is 0.0674. The summed E-state index contributed by atoms with van der Waals surface area (Å²) < 4.78 is 6.87. The van der Waals surface area contributed by atoms with Gasteiger partial charge in [0.2, 0.25) is 5.88 Å². The molecule has 3 aromatic heterocycles. The molecule has 2 N–H and O–H groups in total. The number of para-hydroxylation sites is 1. The van der Waals surface area contributed by atoms with Gasteiger partial charge in [0.25, 0.3) is 0 Å². The number of hydrogen-bond donors (Lipinski definition) is 2. The second-order valence-corrected chi connectivity index (χ2v) is 4.87. The molecular weight excluding hydrogens is 298 g/mol. The van der Waals surface area contributed by atoms with E-state index < -0.39 is 5.97 Å². The molecule has 4 rings (SSSR count). The molecule has 8 nitrogen and oxygen atoms in total. The normalized spacial score (nSPS) is 11.2. The molecule has 0 aliphatic rings. The van der Waals surface area contributed by atoms with Gasteiger partial charge in [-0.15, -0.1) is 5.10 Å². The number of nitrogens with one attached hydrogen (secondary N) is 1. The lowest BCUT2D eigenvalue weighted by Gasteiger charge is -2.02. The zero-order valence-electron chi connectivity index (χ0n) is 12.0. The molecule has 0 bridgehead atoms. The van der Waals surface area contributed by atoms with Crippen LogP contribution in [0, 0.1) is 0 Å². The molecule has 23 heavy (non-hydrogen) atoms. The van der Waals surface area contributed by atoms with Gasteiger partial charge < -0.3 is 14.8 Å². The Balaban J connectivity index is 1.99. The molecular formula is C15H11N5O3. The molecule has 0 aliphatic carbocycles. The van der Waals surface area contributed by atoms with Crippen LogP contribution in [0.2, 0.25) is 0 Å². The fourth-order valence-electron chi connectivity index (χ4n) is 2.51. The molecule has 0 fully saturated rings. The number of carboxylic acids is 1. The SMILES string of the molecule is COc1nn(-c2cnc3[nH]cc(C(=O)O)c3n2)c2ccccc12. The van der Waals surface area contributed by atoms with Gasteiger partial charge in [-0.25, -0.2) is 19.4 Å². The standard InChI is InChI=1S/C15H11N5O3/c1-23-14-8-4-2-3-5-10(8)20(19-14)11-7-17-13-12(18-11)9(6-16-13)15(21)22/h2-7H,1H3,(H,16,17)(H,21,22). The Hall–Kier alpha value is -3.42. The van der Waals surface area contributed by atoms with E-state index in [1.165, 1.54) is 12.4 Å². The number of carbonyl (C=O) groups is 1. The lowest BCUT2D eigenvalue weighted by atomic mass is 10.2. The Labute approximate surface area is 129 Å². The maximum Gasteiger partial charge on any atom is 0.339 e. The van der Waals surface area contributed by atoms with E-state index >= 15 is 0 Å². The monoisotopic (exact) mass is 309 g/mol. The molecule has 3 heterocycles. The van der Waals surface area contributed by atoms with Gasteiger partial charge in [0.1, 0.15) is 11.1 Å². The van der Waals surface area contributed by atoms with Gasteiger partial charge in [-0.2, -0.15) is 0 Å². The number of fused-ring (bicyclic) bond motifs is 2. The Morgan fingerprint density at radius 1 is 1.35 bits per heavy atom. The zero-order chi connectivity index (χ0) is 16.0. The molecule has 0 spiro atoms. The summed E-state index contributed by atoms with van der Waals surface area (Å²) in [5.41, 5.74) is 1.56. The first-order chi connectivity index (χ1) is 11.2. The van der Waals surface area contributed by atoms with E-state index in [9.17, 15) is 9.90 Å². The largest absolute Gasteiger partial charge is 0.479 e. The summed E-state index contributed by atoms with van der Waals surface area (Å²) in [4.78, 5) is 22.7. The summed E-state index contributed by atoms with van der Waals surface area (Å²) in [5.74, 6) is -0.181. The van der Waals surface area contributed by atoms with Crippen molar-refractivity contribution in [1.82, 2.24) is 24.7 Å². The fraction of sp³-hybridized carbons (Fsp3) is 0.0667. The van der Waals surface area contributed by atoms with Crippen molar-refractivity contribution in [2.75, 3.05) is 7.11 Å². The van der Waals surface area contributed by atoms with Crippen LogP contribution in [0.25, 0.3) is 27.9 Å². The smallest absolute Gasteiger partial charge is 0.339 e. The minimum atomic E-state index is -1.06. The van der Waals surface area contributed by atoms with Crippen LogP contribution in [-0.4, -0.2) is 42.9 Å². The van der Waals surface area contributed by atoms with Gasteiger partial charge in [-0.05, 0) is 12.1 Å². The Morgan fingerprint density at radius 2 is 2.17 bits per heavy atom. The number of benzene rings is 1. The van der Waals surface area contributed by atoms with Gasteiger partial charge in [-0.3, -0.25) is 0 Å². The predicted molar refractivity (Wildman–Crippen MR) is 82.0 cm³/mol. The van der Waals surface area contributed by atoms with Gasteiger partial charge >= 0.3 is 5.97 Å². The number of nitrogens with zero attached hydrogens (tertiary/aromatic N) is 4. The molecule has 0 saturated heterocycles. The molecule has 0 radical (unpaired) electrons. The Kier molecular flexibility index (Phi) is 2.77. The highest BCUT2D eigenvalue weighted by atomic mass is 16.5. The number of aromatic carboxylic acids is 1. The van der Waals surface area contributed by atoms with Crippen molar-refractivity contribution in [3.8, 4) is 11.7 Å². The van der Waals surface area contributed by atoms with Crippen molar-refractivity contribution >= 4 is 28.0 Å². The number of carboxylic acid groups (broad SMARTS) is 1. The third kappa shape index (κ3) is 1.92. The van der Waals surface area contributed by atoms with Gasteiger partial charge in [0, 0.05) is 6.20 Å². The van der Waals surface area contributed by atoms with Gasteiger partial charge in [0.15, 0.2) is 11.5 Å². The third-order valence-corrected chi connectivity index (χ3v) is 3.56. The predicted octanol–water partition coefficient (Wildman–Crippen LogP) is 2.00. The van der Waals surface area contributed by atoms with Crippen LogP contribution in [-0.2, 0) is 0 Å². The molecule has 0 saturated carbocycles. The van der Waals surface area contributed by atoms with Crippen molar-refractivity contribution in [3.63, 3.8) is 0 Å². The van der Waals surface area contributed by atoms with Crippen LogP contribution in [0.4, 0.5) is 0 Å². The lowest BCUT2D eigenvalue weighted by molar-refractivity contribution is 0.0699. The van der Waals surface area contributed by atoms with Crippen molar-refractivity contribution in [3.05, 3.63) is 42.2 Å². The number of aromatic nitrogens is 5. The van der Waals surface area contributed by atoms with Crippen LogP contribution < -0.4 is 4.74 Å². The van der Waals surface area contributed by atoms with E-state index in [4.69, 9.17) is 4.74 Å². The van der Waals surface area contributed by atoms with E-state index in [2.05, 4.69) is 20.1 Å². The quantitative estimate of drug-likeness (QED) is 0.599. The highest BCUT2D eigenvalue weighted by Gasteiger charge is 2.17. The number of aromatic amines is 1. The minimum Gasteiger partial charge on any atom is -0.479 e. The van der Waals surface area contributed by atoms with Crippen LogP contribution >= 0.6 is 0 Å². The molecule has 114 valence electrons. The first-order valence-corrected chi connectivity index (χ1v) is 6.78. The van der Waals surface area contributed by atoms with E-state index in [1.807, 2.05) is 24.3 Å². The molecule has 4 aromatic rings. The number of methoxy groups -OCH3 is 1. The van der Waals surface area contributed by atoms with Crippen LogP contribution in [0.3, 0.4) is 0 Å². The van der Waals surface area contributed by atoms with Crippen molar-refractivity contribution in [2.45, 2.75) is 0 Å². The van der Waals surface area contributed by atoms with E-state index in [0.29, 0.717) is 17.3 Å². The number of rotatable bonds is 3. The Morgan fingerprint density at radius 3 is 2.96 bits per heavy atom. The van der Waals surface area contributed by atoms with Crippen LogP contribution in [0.15, 0.2) is 36.7 Å². The van der Waals surface area contributed by atoms with E-state index in [-0.39, 0.29) is 11.1 Å². The maximum absolute atomic E-state index is 11.3. The first-order valence-electron chi connectivity index (χ1n) is 6.78. The number of hydrogen-bond acceptors (Lipinski definition) is 5. The molecule has 0 atom stereocenters. The molecule has 0 amide bonds. The molecule has 0 aliphatic heterocycles. The maximum atomic E-state index is 11.3. The highest BCUT2D eigenvalue weighted by Crippen LogP contribution is 2.27. The highest BCUT2D eigenvalue weighted by molar-refractivity contribution is 6.00. The van der Waals surface area contributed by atoms with Crippen molar-refractivity contribution in [2.24, 2.45) is 0 Å².